The highest BCUT2D eigenvalue weighted by Gasteiger charge is 2.24. The van der Waals surface area contributed by atoms with Crippen molar-refractivity contribution in [3.63, 3.8) is 0 Å². The smallest absolute Gasteiger partial charge is 0.253 e. The van der Waals surface area contributed by atoms with Crippen molar-refractivity contribution in [2.75, 3.05) is 13.1 Å². The molecule has 2 N–H and O–H groups in total. The summed E-state index contributed by atoms with van der Waals surface area (Å²) < 4.78 is 0.877. The molecule has 1 unspecified atom stereocenters. The number of rotatable bonds is 4. The van der Waals surface area contributed by atoms with Gasteiger partial charge < -0.3 is 10.6 Å². The Morgan fingerprint density at radius 1 is 1.43 bits per heavy atom. The highest BCUT2D eigenvalue weighted by molar-refractivity contribution is 14.1. The fourth-order valence-corrected chi connectivity index (χ4v) is 3.28. The first-order chi connectivity index (χ1) is 9.97. The van der Waals surface area contributed by atoms with E-state index in [1.165, 1.54) is 0 Å². The van der Waals surface area contributed by atoms with Crippen molar-refractivity contribution in [1.82, 2.24) is 4.90 Å². The number of nitrogens with two attached hydrogens (primary N) is 1. The van der Waals surface area contributed by atoms with E-state index in [0.29, 0.717) is 29.5 Å². The molecule has 1 aliphatic heterocycles. The lowest BCUT2D eigenvalue weighted by molar-refractivity contribution is -0.118. The second kappa shape index (κ2) is 7.45. The Kier molecular flexibility index (Phi) is 5.87. The number of piperidine rings is 1. The lowest BCUT2D eigenvalue weighted by atomic mass is 9.93. The monoisotopic (exact) mass is 420 g/mol. The maximum atomic E-state index is 12.5. The van der Waals surface area contributed by atoms with Gasteiger partial charge in [0.1, 0.15) is 0 Å². The van der Waals surface area contributed by atoms with Gasteiger partial charge in [-0.15, -0.1) is 0 Å². The summed E-state index contributed by atoms with van der Waals surface area (Å²) >= 11 is 8.11. The molecule has 4 nitrogen and oxygen atoms in total. The number of hydrogen-bond acceptors (Lipinski definition) is 2. The fourth-order valence-electron chi connectivity index (χ4n) is 2.64. The zero-order valence-electron chi connectivity index (χ0n) is 11.6. The van der Waals surface area contributed by atoms with Gasteiger partial charge >= 0.3 is 0 Å². The number of benzene rings is 1. The third-order valence-electron chi connectivity index (χ3n) is 3.77. The van der Waals surface area contributed by atoms with E-state index in [1.54, 1.807) is 12.1 Å². The molecule has 1 aliphatic rings. The van der Waals surface area contributed by atoms with Crippen LogP contribution in [0.25, 0.3) is 0 Å². The van der Waals surface area contributed by atoms with Gasteiger partial charge in [-0.2, -0.15) is 0 Å². The van der Waals surface area contributed by atoms with Crippen LogP contribution >= 0.6 is 34.2 Å². The van der Waals surface area contributed by atoms with Gasteiger partial charge in [0.2, 0.25) is 5.91 Å². The second-order valence-corrected chi connectivity index (χ2v) is 6.96. The largest absolute Gasteiger partial charge is 0.370 e. The first-order valence-corrected chi connectivity index (χ1v) is 8.45. The fraction of sp³-hybridized carbons (Fsp3) is 0.467. The minimum Gasteiger partial charge on any atom is -0.370 e. The molecule has 114 valence electrons. The summed E-state index contributed by atoms with van der Waals surface area (Å²) in [5.74, 6) is 0.126. The topological polar surface area (TPSA) is 63.4 Å². The summed E-state index contributed by atoms with van der Waals surface area (Å²) in [6.07, 6.45) is 3.18. The maximum absolute atomic E-state index is 12.5. The van der Waals surface area contributed by atoms with Crippen LogP contribution in [0.15, 0.2) is 18.2 Å². The van der Waals surface area contributed by atoms with Crippen LogP contribution in [0.5, 0.6) is 0 Å². The number of amides is 2. The Morgan fingerprint density at radius 3 is 2.86 bits per heavy atom. The number of nitrogens with zero attached hydrogens (tertiary/aromatic N) is 1. The van der Waals surface area contributed by atoms with E-state index in [4.69, 9.17) is 17.3 Å². The van der Waals surface area contributed by atoms with Crippen LogP contribution in [0.2, 0.25) is 5.02 Å². The van der Waals surface area contributed by atoms with Gasteiger partial charge in [0.15, 0.2) is 0 Å². The average Bonchev–Trinajstić information content (AvgIpc) is 2.47. The summed E-state index contributed by atoms with van der Waals surface area (Å²) in [4.78, 5) is 25.3. The molecule has 0 radical (unpaired) electrons. The average molecular weight is 421 g/mol. The minimum atomic E-state index is -0.272. The second-order valence-electron chi connectivity index (χ2n) is 5.39. The summed E-state index contributed by atoms with van der Waals surface area (Å²) in [6, 6.07) is 5.34. The van der Waals surface area contributed by atoms with Gasteiger partial charge in [0.25, 0.3) is 5.91 Å². The molecule has 1 atom stereocenters. The molecule has 6 heteroatoms. The molecule has 2 amide bonds. The van der Waals surface area contributed by atoms with Gasteiger partial charge in [0, 0.05) is 28.6 Å². The highest BCUT2D eigenvalue weighted by atomic mass is 127. The number of halogens is 2. The number of hydrogen-bond donors (Lipinski definition) is 1. The highest BCUT2D eigenvalue weighted by Crippen LogP contribution is 2.24. The molecular formula is C15H18ClIN2O2. The molecule has 1 aromatic carbocycles. The van der Waals surface area contributed by atoms with Gasteiger partial charge in [-0.05, 0) is 66.0 Å². The van der Waals surface area contributed by atoms with Gasteiger partial charge in [0.05, 0.1) is 5.02 Å². The summed E-state index contributed by atoms with van der Waals surface area (Å²) in [6.45, 7) is 1.47. The predicted molar refractivity (Wildman–Crippen MR) is 91.2 cm³/mol. The van der Waals surface area contributed by atoms with Crippen LogP contribution in [-0.2, 0) is 4.79 Å². The van der Waals surface area contributed by atoms with Crippen LogP contribution in [0.1, 0.15) is 36.0 Å². The van der Waals surface area contributed by atoms with E-state index in [2.05, 4.69) is 22.6 Å². The first-order valence-electron chi connectivity index (χ1n) is 7.00. The Morgan fingerprint density at radius 2 is 2.19 bits per heavy atom. The van der Waals surface area contributed by atoms with E-state index in [1.807, 2.05) is 11.0 Å². The summed E-state index contributed by atoms with van der Waals surface area (Å²) in [7, 11) is 0. The molecular weight excluding hydrogens is 403 g/mol. The van der Waals surface area contributed by atoms with E-state index < -0.39 is 0 Å². The number of carbonyl (C=O) groups is 2. The lowest BCUT2D eigenvalue weighted by Crippen LogP contribution is -2.40. The standard InChI is InChI=1S/C15H18ClIN2O2/c16-12-5-4-11(8-13(12)17)15(21)19-7-1-2-10(9-19)3-6-14(18)20/h4-5,8,10H,1-3,6-7,9H2,(H2,18,20). The predicted octanol–water partition coefficient (Wildman–Crippen LogP) is 3.06. The van der Waals surface area contributed by atoms with E-state index in [-0.39, 0.29) is 11.8 Å². The van der Waals surface area contributed by atoms with Crippen LogP contribution < -0.4 is 5.73 Å². The number of primary amides is 1. The summed E-state index contributed by atoms with van der Waals surface area (Å²) in [5, 5.41) is 0.658. The van der Waals surface area contributed by atoms with Crippen LogP contribution in [0, 0.1) is 9.49 Å². The van der Waals surface area contributed by atoms with Crippen molar-refractivity contribution in [3.05, 3.63) is 32.4 Å². The number of carbonyl (C=O) groups excluding carboxylic acids is 2. The lowest BCUT2D eigenvalue weighted by Gasteiger charge is -2.32. The van der Waals surface area contributed by atoms with Gasteiger partial charge in [-0.3, -0.25) is 9.59 Å². The molecule has 0 saturated carbocycles. The van der Waals surface area contributed by atoms with Crippen molar-refractivity contribution >= 4 is 46.0 Å². The Labute approximate surface area is 143 Å². The van der Waals surface area contributed by atoms with Crippen LogP contribution in [0.3, 0.4) is 0 Å². The molecule has 0 aliphatic carbocycles. The zero-order chi connectivity index (χ0) is 15.4. The van der Waals surface area contributed by atoms with Crippen molar-refractivity contribution in [2.24, 2.45) is 11.7 Å². The molecule has 1 heterocycles. The van der Waals surface area contributed by atoms with Crippen LogP contribution in [0.4, 0.5) is 0 Å². The minimum absolute atomic E-state index is 0.0355. The van der Waals surface area contributed by atoms with Crippen molar-refractivity contribution in [3.8, 4) is 0 Å². The normalized spacial score (nSPS) is 18.6. The molecule has 0 aromatic heterocycles. The number of likely N-dealkylation sites (tertiary alicyclic amines) is 1. The van der Waals surface area contributed by atoms with Crippen molar-refractivity contribution in [2.45, 2.75) is 25.7 Å². The SMILES string of the molecule is NC(=O)CCC1CCCN(C(=O)c2ccc(Cl)c(I)c2)C1. The third-order valence-corrected chi connectivity index (χ3v) is 5.31. The third kappa shape index (κ3) is 4.57. The van der Waals surface area contributed by atoms with Gasteiger partial charge in [-0.25, -0.2) is 0 Å². The van der Waals surface area contributed by atoms with Crippen molar-refractivity contribution in [1.29, 1.82) is 0 Å². The van der Waals surface area contributed by atoms with E-state index in [9.17, 15) is 9.59 Å². The Hall–Kier alpha value is -0.820. The Balaban J connectivity index is 2.01. The molecule has 1 fully saturated rings. The molecule has 0 bridgehead atoms. The van der Waals surface area contributed by atoms with E-state index >= 15 is 0 Å². The van der Waals surface area contributed by atoms with Gasteiger partial charge in [-0.1, -0.05) is 11.6 Å². The van der Waals surface area contributed by atoms with E-state index in [0.717, 1.165) is 29.4 Å². The molecule has 0 spiro atoms. The van der Waals surface area contributed by atoms with Crippen LogP contribution in [-0.4, -0.2) is 29.8 Å². The molecule has 21 heavy (non-hydrogen) atoms. The molecule has 1 aromatic rings. The first kappa shape index (κ1) is 16.5. The molecule has 1 saturated heterocycles. The zero-order valence-corrected chi connectivity index (χ0v) is 14.6. The Bertz CT molecular complexity index is 550. The van der Waals surface area contributed by atoms with Crippen molar-refractivity contribution < 1.29 is 9.59 Å². The summed E-state index contributed by atoms with van der Waals surface area (Å²) in [5.41, 5.74) is 5.86. The quantitative estimate of drug-likeness (QED) is 0.761. The molecule has 2 rings (SSSR count). The maximum Gasteiger partial charge on any atom is 0.253 e.